The van der Waals surface area contributed by atoms with Gasteiger partial charge in [0.1, 0.15) is 11.7 Å². The minimum absolute atomic E-state index is 0.126. The number of carboxylic acids is 1. The highest BCUT2D eigenvalue weighted by Gasteiger charge is 2.22. The zero-order valence-electron chi connectivity index (χ0n) is 11.3. The van der Waals surface area contributed by atoms with Crippen LogP contribution in [0.5, 0.6) is 0 Å². The maximum absolute atomic E-state index is 12.2. The Morgan fingerprint density at radius 2 is 2.11 bits per heavy atom. The van der Waals surface area contributed by atoms with Crippen LogP contribution >= 0.6 is 15.9 Å². The van der Waals surface area contributed by atoms with Gasteiger partial charge in [-0.25, -0.2) is 4.79 Å². The minimum atomic E-state index is -1.00. The lowest BCUT2D eigenvalue weighted by Crippen LogP contribution is -2.41. The van der Waals surface area contributed by atoms with Crippen LogP contribution in [0.4, 0.5) is 0 Å². The second-order valence-electron chi connectivity index (χ2n) is 4.70. The van der Waals surface area contributed by atoms with Crippen LogP contribution in [0.2, 0.25) is 0 Å². The first-order valence-corrected chi connectivity index (χ1v) is 7.07. The Kier molecular flexibility index (Phi) is 5.60. The highest BCUT2D eigenvalue weighted by Crippen LogP contribution is 2.19. The molecule has 0 radical (unpaired) electrons. The van der Waals surface area contributed by atoms with E-state index in [-0.39, 0.29) is 11.9 Å². The Morgan fingerprint density at radius 3 is 2.58 bits per heavy atom. The molecule has 0 fully saturated rings. The number of aromatic nitrogens is 1. The van der Waals surface area contributed by atoms with E-state index in [0.717, 1.165) is 4.47 Å². The normalized spacial score (nSPS) is 12.5. The monoisotopic (exact) mass is 330 g/mol. The van der Waals surface area contributed by atoms with Crippen LogP contribution in [0.1, 0.15) is 50.1 Å². The molecule has 1 rings (SSSR count). The average Bonchev–Trinajstić information content (AvgIpc) is 2.70. The smallest absolute Gasteiger partial charge is 0.326 e. The van der Waals surface area contributed by atoms with Gasteiger partial charge in [-0.1, -0.05) is 13.3 Å². The van der Waals surface area contributed by atoms with Crippen molar-refractivity contribution in [2.24, 2.45) is 0 Å². The van der Waals surface area contributed by atoms with Gasteiger partial charge >= 0.3 is 5.97 Å². The molecular weight excluding hydrogens is 312 g/mol. The van der Waals surface area contributed by atoms with E-state index in [9.17, 15) is 9.59 Å². The average molecular weight is 331 g/mol. The Labute approximate surface area is 121 Å². The topological polar surface area (TPSA) is 71.3 Å². The third kappa shape index (κ3) is 4.09. The number of hydrogen-bond acceptors (Lipinski definition) is 2. The number of carbonyl (C=O) groups excluding carboxylic acids is 1. The molecule has 19 heavy (non-hydrogen) atoms. The van der Waals surface area contributed by atoms with Crippen molar-refractivity contribution in [1.29, 1.82) is 0 Å². The predicted octanol–water partition coefficient (Wildman–Crippen LogP) is 2.81. The fourth-order valence-electron chi connectivity index (χ4n) is 1.83. The van der Waals surface area contributed by atoms with Gasteiger partial charge in [0.05, 0.1) is 0 Å². The molecule has 1 aromatic rings. The summed E-state index contributed by atoms with van der Waals surface area (Å²) in [6.07, 6.45) is 2.94. The summed E-state index contributed by atoms with van der Waals surface area (Å²) in [6.45, 7) is 5.81. The standard InChI is InChI=1S/C13H19BrN2O3/c1-4-5-10(13(18)19)15-12(17)11-6-9(14)7-16(11)8(2)3/h6-8,10H,4-5H2,1-3H3,(H,15,17)(H,18,19)/t10-/m0/s1. The van der Waals surface area contributed by atoms with Crippen molar-refractivity contribution in [2.45, 2.75) is 45.7 Å². The molecule has 6 heteroatoms. The van der Waals surface area contributed by atoms with Crippen molar-refractivity contribution in [1.82, 2.24) is 9.88 Å². The Bertz CT molecular complexity index is 468. The van der Waals surface area contributed by atoms with Crippen LogP contribution in [-0.2, 0) is 4.79 Å². The van der Waals surface area contributed by atoms with Gasteiger partial charge in [-0.15, -0.1) is 0 Å². The summed E-state index contributed by atoms with van der Waals surface area (Å²) in [7, 11) is 0. The number of carboxylic acid groups (broad SMARTS) is 1. The molecule has 0 saturated heterocycles. The molecule has 1 amide bonds. The number of carbonyl (C=O) groups is 2. The number of amides is 1. The van der Waals surface area contributed by atoms with Crippen molar-refractivity contribution in [3.8, 4) is 0 Å². The van der Waals surface area contributed by atoms with Crippen molar-refractivity contribution in [2.75, 3.05) is 0 Å². The zero-order valence-corrected chi connectivity index (χ0v) is 12.9. The Morgan fingerprint density at radius 1 is 1.47 bits per heavy atom. The number of nitrogens with zero attached hydrogens (tertiary/aromatic N) is 1. The second kappa shape index (κ2) is 6.75. The fraction of sp³-hybridized carbons (Fsp3) is 0.538. The van der Waals surface area contributed by atoms with Gasteiger partial charge < -0.3 is 15.0 Å². The summed E-state index contributed by atoms with van der Waals surface area (Å²) < 4.78 is 2.61. The molecule has 106 valence electrons. The van der Waals surface area contributed by atoms with Gasteiger partial charge in [-0.05, 0) is 42.3 Å². The number of hydrogen-bond donors (Lipinski definition) is 2. The van der Waals surface area contributed by atoms with E-state index in [0.29, 0.717) is 18.5 Å². The zero-order chi connectivity index (χ0) is 14.6. The molecule has 0 aliphatic carbocycles. The van der Waals surface area contributed by atoms with E-state index in [1.54, 1.807) is 6.07 Å². The molecule has 0 bridgehead atoms. The largest absolute Gasteiger partial charge is 0.480 e. The molecular formula is C13H19BrN2O3. The van der Waals surface area contributed by atoms with E-state index >= 15 is 0 Å². The first kappa shape index (κ1) is 15.8. The molecule has 1 aromatic heterocycles. The molecule has 0 unspecified atom stereocenters. The van der Waals surface area contributed by atoms with Gasteiger partial charge in [-0.3, -0.25) is 4.79 Å². The summed E-state index contributed by atoms with van der Waals surface area (Å²) >= 11 is 3.33. The summed E-state index contributed by atoms with van der Waals surface area (Å²) in [5.74, 6) is -1.36. The van der Waals surface area contributed by atoms with Gasteiger partial charge in [0.2, 0.25) is 0 Å². The molecule has 5 nitrogen and oxygen atoms in total. The van der Waals surface area contributed by atoms with E-state index in [1.807, 2.05) is 31.5 Å². The van der Waals surface area contributed by atoms with Crippen LogP contribution in [-0.4, -0.2) is 27.6 Å². The van der Waals surface area contributed by atoms with Crippen molar-refractivity contribution < 1.29 is 14.7 Å². The lowest BCUT2D eigenvalue weighted by molar-refractivity contribution is -0.139. The van der Waals surface area contributed by atoms with Crippen LogP contribution in [0.25, 0.3) is 0 Å². The molecule has 0 aromatic carbocycles. The Balaban J connectivity index is 2.91. The molecule has 0 saturated carbocycles. The van der Waals surface area contributed by atoms with Crippen LogP contribution in [0, 0.1) is 0 Å². The van der Waals surface area contributed by atoms with E-state index < -0.39 is 12.0 Å². The third-order valence-corrected chi connectivity index (χ3v) is 3.22. The predicted molar refractivity (Wildman–Crippen MR) is 76.3 cm³/mol. The van der Waals surface area contributed by atoms with E-state index in [1.165, 1.54) is 0 Å². The molecule has 2 N–H and O–H groups in total. The third-order valence-electron chi connectivity index (χ3n) is 2.78. The van der Waals surface area contributed by atoms with Gasteiger partial charge in [0.25, 0.3) is 5.91 Å². The quantitative estimate of drug-likeness (QED) is 0.842. The summed E-state index contributed by atoms with van der Waals surface area (Å²) in [6, 6.07) is 0.980. The van der Waals surface area contributed by atoms with Crippen molar-refractivity contribution in [3.05, 3.63) is 22.4 Å². The first-order valence-electron chi connectivity index (χ1n) is 6.27. The Hall–Kier alpha value is -1.30. The van der Waals surface area contributed by atoms with Crippen molar-refractivity contribution >= 4 is 27.8 Å². The molecule has 0 spiro atoms. The molecule has 1 heterocycles. The fourth-order valence-corrected chi connectivity index (χ4v) is 2.27. The first-order chi connectivity index (χ1) is 8.86. The highest BCUT2D eigenvalue weighted by molar-refractivity contribution is 9.10. The molecule has 1 atom stereocenters. The number of aliphatic carboxylic acids is 1. The van der Waals surface area contributed by atoms with Crippen LogP contribution in [0.3, 0.4) is 0 Å². The summed E-state index contributed by atoms with van der Waals surface area (Å²) in [4.78, 5) is 23.2. The van der Waals surface area contributed by atoms with Crippen molar-refractivity contribution in [3.63, 3.8) is 0 Å². The number of rotatable bonds is 6. The molecule has 0 aliphatic rings. The maximum Gasteiger partial charge on any atom is 0.326 e. The van der Waals surface area contributed by atoms with Gasteiger partial charge in [0.15, 0.2) is 0 Å². The second-order valence-corrected chi connectivity index (χ2v) is 5.61. The van der Waals surface area contributed by atoms with Gasteiger partial charge in [-0.2, -0.15) is 0 Å². The molecule has 0 aliphatic heterocycles. The lowest BCUT2D eigenvalue weighted by atomic mass is 10.1. The summed E-state index contributed by atoms with van der Waals surface area (Å²) in [5.41, 5.74) is 0.462. The highest BCUT2D eigenvalue weighted by atomic mass is 79.9. The lowest BCUT2D eigenvalue weighted by Gasteiger charge is -2.16. The number of nitrogens with one attached hydrogen (secondary N) is 1. The SMILES string of the molecule is CCC[C@H](NC(=O)c1cc(Br)cn1C(C)C)C(=O)O. The minimum Gasteiger partial charge on any atom is -0.480 e. The van der Waals surface area contributed by atoms with E-state index in [2.05, 4.69) is 21.2 Å². The van der Waals surface area contributed by atoms with Crippen LogP contribution in [0.15, 0.2) is 16.7 Å². The maximum atomic E-state index is 12.2. The number of halogens is 1. The summed E-state index contributed by atoms with van der Waals surface area (Å²) in [5, 5.41) is 11.6. The van der Waals surface area contributed by atoms with Gasteiger partial charge in [0, 0.05) is 16.7 Å². The van der Waals surface area contributed by atoms with E-state index in [4.69, 9.17) is 5.11 Å². The van der Waals surface area contributed by atoms with Crippen LogP contribution < -0.4 is 5.32 Å².